The summed E-state index contributed by atoms with van der Waals surface area (Å²) in [7, 11) is 1.29. The molecular weight excluding hydrogens is 492 g/mol. The van der Waals surface area contributed by atoms with Crippen LogP contribution in [0.4, 0.5) is 4.79 Å². The summed E-state index contributed by atoms with van der Waals surface area (Å²) in [6, 6.07) is 18.6. The van der Waals surface area contributed by atoms with E-state index >= 15 is 0 Å². The first-order valence-corrected chi connectivity index (χ1v) is 13.8. The van der Waals surface area contributed by atoms with Gasteiger partial charge in [-0.1, -0.05) is 87.9 Å². The highest BCUT2D eigenvalue weighted by Crippen LogP contribution is 2.38. The van der Waals surface area contributed by atoms with Crippen molar-refractivity contribution in [2.24, 2.45) is 22.6 Å². The lowest BCUT2D eigenvalue weighted by atomic mass is 9.82. The number of nitrogens with one attached hydrogen (secondary N) is 1. The monoisotopic (exact) mass is 534 g/mol. The zero-order valence-corrected chi connectivity index (χ0v) is 23.6. The molecule has 0 radical (unpaired) electrons. The standard InChI is InChI=1S/C31H42N4O4/c1-5-23(20-27(36)26(33-30(38)39-4)19-24-13-8-6-9-14-24)15-12-18-35-28(37)31(21-22(2)3,34-29(35)32)25-16-10-7-11-17-25/h6-11,13-14,16-17,22-23,26H,5,12,15,18-21H2,1-4H3,(H2,32,34)(H,33,38)/t23-,26-,31+/m0/s1. The Morgan fingerprint density at radius 3 is 2.31 bits per heavy atom. The Balaban J connectivity index is 1.63. The highest BCUT2D eigenvalue weighted by atomic mass is 16.5. The fourth-order valence-corrected chi connectivity index (χ4v) is 5.30. The van der Waals surface area contributed by atoms with Crippen molar-refractivity contribution in [3.05, 3.63) is 71.8 Å². The van der Waals surface area contributed by atoms with Crippen LogP contribution in [0.2, 0.25) is 0 Å². The van der Waals surface area contributed by atoms with Gasteiger partial charge in [-0.05, 0) is 48.6 Å². The first-order valence-electron chi connectivity index (χ1n) is 13.8. The number of rotatable bonds is 14. The zero-order chi connectivity index (χ0) is 28.4. The minimum atomic E-state index is -0.996. The number of hydrogen-bond acceptors (Lipinski definition) is 6. The van der Waals surface area contributed by atoms with Gasteiger partial charge in [0.25, 0.3) is 5.91 Å². The molecule has 0 saturated heterocycles. The molecule has 0 bridgehead atoms. The van der Waals surface area contributed by atoms with Gasteiger partial charge in [0, 0.05) is 13.0 Å². The molecule has 1 aliphatic heterocycles. The lowest BCUT2D eigenvalue weighted by molar-refractivity contribution is -0.132. The molecule has 3 atom stereocenters. The van der Waals surface area contributed by atoms with Gasteiger partial charge in [-0.3, -0.25) is 14.5 Å². The molecule has 2 aromatic rings. The smallest absolute Gasteiger partial charge is 0.407 e. The number of ether oxygens (including phenoxy) is 1. The van der Waals surface area contributed by atoms with Gasteiger partial charge in [0.1, 0.15) is 0 Å². The SMILES string of the molecule is CC[C@@H](CCCN1C(=O)[C@@](CC(C)C)(c2ccccc2)N=C1N)CC(=O)[C@H](Cc1ccccc1)NC(=O)OC. The van der Waals surface area contributed by atoms with E-state index < -0.39 is 17.7 Å². The molecule has 1 aliphatic rings. The van der Waals surface area contributed by atoms with Crippen LogP contribution in [0.25, 0.3) is 0 Å². The van der Waals surface area contributed by atoms with Crippen molar-refractivity contribution in [3.63, 3.8) is 0 Å². The van der Waals surface area contributed by atoms with Crippen LogP contribution < -0.4 is 11.1 Å². The maximum atomic E-state index is 13.7. The van der Waals surface area contributed by atoms with Crippen molar-refractivity contribution in [1.82, 2.24) is 10.2 Å². The van der Waals surface area contributed by atoms with Crippen LogP contribution in [-0.2, 0) is 26.3 Å². The zero-order valence-electron chi connectivity index (χ0n) is 23.6. The second-order valence-electron chi connectivity index (χ2n) is 10.7. The predicted octanol–water partition coefficient (Wildman–Crippen LogP) is 4.82. The van der Waals surface area contributed by atoms with Gasteiger partial charge in [-0.2, -0.15) is 0 Å². The topological polar surface area (TPSA) is 114 Å². The summed E-state index contributed by atoms with van der Waals surface area (Å²) in [4.78, 5) is 45.2. The van der Waals surface area contributed by atoms with Crippen LogP contribution in [-0.4, -0.2) is 48.3 Å². The van der Waals surface area contributed by atoms with Crippen molar-refractivity contribution in [3.8, 4) is 0 Å². The van der Waals surface area contributed by atoms with E-state index in [4.69, 9.17) is 15.5 Å². The van der Waals surface area contributed by atoms with Gasteiger partial charge in [-0.25, -0.2) is 9.79 Å². The number of alkyl carbamates (subject to hydrolysis) is 1. The third-order valence-electron chi connectivity index (χ3n) is 7.35. The van der Waals surface area contributed by atoms with E-state index in [-0.39, 0.29) is 29.5 Å². The number of Topliss-reactive ketones (excluding diaryl/α,β-unsaturated/α-hetero) is 1. The molecule has 0 unspecified atom stereocenters. The number of methoxy groups -OCH3 is 1. The average Bonchev–Trinajstić information content (AvgIpc) is 3.17. The highest BCUT2D eigenvalue weighted by molar-refractivity contribution is 6.07. The minimum absolute atomic E-state index is 0.0329. The van der Waals surface area contributed by atoms with Gasteiger partial charge >= 0.3 is 6.09 Å². The van der Waals surface area contributed by atoms with Gasteiger partial charge in [0.2, 0.25) is 0 Å². The third-order valence-corrected chi connectivity index (χ3v) is 7.35. The van der Waals surface area contributed by atoms with Crippen LogP contribution in [0.5, 0.6) is 0 Å². The Morgan fingerprint density at radius 1 is 1.08 bits per heavy atom. The summed E-state index contributed by atoms with van der Waals surface area (Å²) >= 11 is 0. The lowest BCUT2D eigenvalue weighted by Crippen LogP contribution is -2.44. The van der Waals surface area contributed by atoms with E-state index in [0.717, 1.165) is 24.0 Å². The molecule has 8 heteroatoms. The Morgan fingerprint density at radius 2 is 1.72 bits per heavy atom. The summed E-state index contributed by atoms with van der Waals surface area (Å²) in [5.41, 5.74) is 7.13. The Hall–Kier alpha value is -3.68. The summed E-state index contributed by atoms with van der Waals surface area (Å²) in [5, 5.41) is 2.70. The number of carbonyl (C=O) groups is 3. The maximum Gasteiger partial charge on any atom is 0.407 e. The number of nitrogens with zero attached hydrogens (tertiary/aromatic N) is 2. The third kappa shape index (κ3) is 7.68. The minimum Gasteiger partial charge on any atom is -0.453 e. The van der Waals surface area contributed by atoms with Crippen molar-refractivity contribution in [2.45, 2.75) is 70.9 Å². The molecule has 2 amide bonds. The van der Waals surface area contributed by atoms with Gasteiger partial charge in [0.15, 0.2) is 17.3 Å². The maximum absolute atomic E-state index is 13.7. The second-order valence-corrected chi connectivity index (χ2v) is 10.7. The fraction of sp³-hybridized carbons (Fsp3) is 0.484. The Labute approximate surface area is 232 Å². The molecule has 0 saturated carbocycles. The molecule has 0 aromatic heterocycles. The molecule has 0 spiro atoms. The molecule has 3 rings (SSSR count). The molecule has 0 fully saturated rings. The molecule has 1 heterocycles. The first kappa shape index (κ1) is 29.9. The van der Waals surface area contributed by atoms with E-state index in [2.05, 4.69) is 26.1 Å². The van der Waals surface area contributed by atoms with Crippen molar-refractivity contribution >= 4 is 23.7 Å². The average molecular weight is 535 g/mol. The van der Waals surface area contributed by atoms with Crippen LogP contribution in [0, 0.1) is 11.8 Å². The first-order chi connectivity index (χ1) is 18.7. The second kappa shape index (κ2) is 13.9. The molecule has 2 aromatic carbocycles. The summed E-state index contributed by atoms with van der Waals surface area (Å²) in [6.45, 7) is 6.65. The lowest BCUT2D eigenvalue weighted by Gasteiger charge is -2.28. The van der Waals surface area contributed by atoms with Crippen LogP contribution in [0.1, 0.15) is 64.0 Å². The number of guanidine groups is 1. The Bertz CT molecular complexity index is 1140. The molecule has 39 heavy (non-hydrogen) atoms. The van der Waals surface area contributed by atoms with E-state index in [9.17, 15) is 14.4 Å². The number of benzene rings is 2. The van der Waals surface area contributed by atoms with E-state index in [0.29, 0.717) is 32.2 Å². The summed E-state index contributed by atoms with van der Waals surface area (Å²) < 4.78 is 4.75. The largest absolute Gasteiger partial charge is 0.453 e. The Kier molecular flexibility index (Phi) is 10.7. The summed E-state index contributed by atoms with van der Waals surface area (Å²) in [5.74, 6) is 0.492. The van der Waals surface area contributed by atoms with E-state index in [1.54, 1.807) is 4.90 Å². The number of ketones is 1. The number of amides is 2. The van der Waals surface area contributed by atoms with Crippen LogP contribution >= 0.6 is 0 Å². The number of aliphatic imine (C=N–C) groups is 1. The fourth-order valence-electron chi connectivity index (χ4n) is 5.30. The summed E-state index contributed by atoms with van der Waals surface area (Å²) in [6.07, 6.45) is 2.93. The molecule has 3 N–H and O–H groups in total. The van der Waals surface area contributed by atoms with Crippen LogP contribution in [0.15, 0.2) is 65.7 Å². The van der Waals surface area contributed by atoms with E-state index in [1.807, 2.05) is 60.7 Å². The number of nitrogens with two attached hydrogens (primary N) is 1. The molecule has 210 valence electrons. The molecular formula is C31H42N4O4. The number of hydrogen-bond donors (Lipinski definition) is 2. The highest BCUT2D eigenvalue weighted by Gasteiger charge is 2.49. The van der Waals surface area contributed by atoms with Crippen molar-refractivity contribution in [2.75, 3.05) is 13.7 Å². The molecule has 8 nitrogen and oxygen atoms in total. The van der Waals surface area contributed by atoms with E-state index in [1.165, 1.54) is 7.11 Å². The van der Waals surface area contributed by atoms with Crippen molar-refractivity contribution in [1.29, 1.82) is 0 Å². The number of carbonyl (C=O) groups excluding carboxylic acids is 3. The quantitative estimate of drug-likeness (QED) is 0.361. The van der Waals surface area contributed by atoms with Gasteiger partial charge in [-0.15, -0.1) is 0 Å². The normalized spacial score (nSPS) is 18.5. The van der Waals surface area contributed by atoms with Crippen molar-refractivity contribution < 1.29 is 19.1 Å². The van der Waals surface area contributed by atoms with Gasteiger partial charge in [0.05, 0.1) is 13.2 Å². The van der Waals surface area contributed by atoms with Gasteiger partial charge < -0.3 is 15.8 Å². The molecule has 0 aliphatic carbocycles. The predicted molar refractivity (Wildman–Crippen MR) is 153 cm³/mol. The van der Waals surface area contributed by atoms with Crippen LogP contribution in [0.3, 0.4) is 0 Å².